The first-order valence-corrected chi connectivity index (χ1v) is 6.09. The quantitative estimate of drug-likeness (QED) is 0.898. The van der Waals surface area contributed by atoms with Crippen molar-refractivity contribution in [2.45, 2.75) is 25.3 Å². The highest BCUT2D eigenvalue weighted by molar-refractivity contribution is 5.85. The Morgan fingerprint density at radius 3 is 2.89 bits per heavy atom. The molecule has 0 spiro atoms. The highest BCUT2D eigenvalue weighted by Crippen LogP contribution is 2.43. The summed E-state index contributed by atoms with van der Waals surface area (Å²) >= 11 is 0. The molecule has 0 aromatic heterocycles. The first-order valence-electron chi connectivity index (χ1n) is 6.09. The largest absolute Gasteiger partial charge is 0.493 e. The molecule has 2 aliphatic heterocycles. The van der Waals surface area contributed by atoms with Gasteiger partial charge in [0.1, 0.15) is 0 Å². The average Bonchev–Trinajstić information content (AvgIpc) is 2.86. The second-order valence-corrected chi connectivity index (χ2v) is 4.46. The third-order valence-electron chi connectivity index (χ3n) is 3.39. The van der Waals surface area contributed by atoms with Crippen LogP contribution in [0.15, 0.2) is 12.1 Å². The summed E-state index contributed by atoms with van der Waals surface area (Å²) < 4.78 is 16.2. The van der Waals surface area contributed by atoms with Crippen LogP contribution in [0.5, 0.6) is 17.2 Å². The van der Waals surface area contributed by atoms with Crippen molar-refractivity contribution in [2.75, 3.05) is 20.4 Å². The van der Waals surface area contributed by atoms with Gasteiger partial charge in [-0.3, -0.25) is 0 Å². The molecule has 5 heteroatoms. The van der Waals surface area contributed by atoms with Crippen LogP contribution in [0.25, 0.3) is 0 Å². The number of fused-ring (bicyclic) bond motifs is 1. The number of halogens is 1. The summed E-state index contributed by atoms with van der Waals surface area (Å²) in [6.07, 6.45) is 3.70. The second-order valence-electron chi connectivity index (χ2n) is 4.46. The lowest BCUT2D eigenvalue weighted by molar-refractivity contribution is 0.171. The molecular formula is C13H18ClNO3. The molecule has 2 heterocycles. The molecular weight excluding hydrogens is 254 g/mol. The number of methoxy groups -OCH3 is 1. The van der Waals surface area contributed by atoms with E-state index in [-0.39, 0.29) is 19.2 Å². The molecule has 0 aliphatic carbocycles. The van der Waals surface area contributed by atoms with Gasteiger partial charge in [-0.25, -0.2) is 0 Å². The number of nitrogens with one attached hydrogen (secondary N) is 1. The number of piperidine rings is 1. The van der Waals surface area contributed by atoms with E-state index in [1.807, 2.05) is 0 Å². The maximum absolute atomic E-state index is 5.44. The SMILES string of the molecule is COc1cc([C@@H]2CCCCN2)cc2c1OCO2.Cl. The van der Waals surface area contributed by atoms with Crippen molar-refractivity contribution in [3.63, 3.8) is 0 Å². The van der Waals surface area contributed by atoms with Crippen LogP contribution in [0, 0.1) is 0 Å². The highest BCUT2D eigenvalue weighted by Gasteiger charge is 2.23. The number of hydrogen-bond donors (Lipinski definition) is 1. The third-order valence-corrected chi connectivity index (χ3v) is 3.39. The summed E-state index contributed by atoms with van der Waals surface area (Å²) in [6.45, 7) is 1.37. The van der Waals surface area contributed by atoms with Crippen molar-refractivity contribution in [3.05, 3.63) is 17.7 Å². The molecule has 1 N–H and O–H groups in total. The fraction of sp³-hybridized carbons (Fsp3) is 0.538. The average molecular weight is 272 g/mol. The van der Waals surface area contributed by atoms with E-state index in [9.17, 15) is 0 Å². The summed E-state index contributed by atoms with van der Waals surface area (Å²) in [5, 5.41) is 3.53. The molecule has 0 unspecified atom stereocenters. The zero-order valence-electron chi connectivity index (χ0n) is 10.4. The van der Waals surface area contributed by atoms with Gasteiger partial charge in [0.05, 0.1) is 7.11 Å². The molecule has 18 heavy (non-hydrogen) atoms. The Hall–Kier alpha value is -1.13. The van der Waals surface area contributed by atoms with E-state index in [1.165, 1.54) is 24.8 Å². The molecule has 1 aromatic rings. The Balaban J connectivity index is 0.00000120. The molecule has 1 fully saturated rings. The lowest BCUT2D eigenvalue weighted by Gasteiger charge is -2.24. The molecule has 3 rings (SSSR count). The van der Waals surface area contributed by atoms with Gasteiger partial charge < -0.3 is 19.5 Å². The third kappa shape index (κ3) is 2.35. The van der Waals surface area contributed by atoms with Crippen molar-refractivity contribution in [2.24, 2.45) is 0 Å². The Bertz CT molecular complexity index is 419. The number of hydrogen-bond acceptors (Lipinski definition) is 4. The van der Waals surface area contributed by atoms with Gasteiger partial charge in [-0.05, 0) is 37.1 Å². The van der Waals surface area contributed by atoms with Crippen LogP contribution in [0.4, 0.5) is 0 Å². The van der Waals surface area contributed by atoms with Gasteiger partial charge >= 0.3 is 0 Å². The monoisotopic (exact) mass is 271 g/mol. The minimum atomic E-state index is 0. The van der Waals surface area contributed by atoms with Crippen LogP contribution in [-0.4, -0.2) is 20.4 Å². The standard InChI is InChI=1S/C13H17NO3.ClH/c1-15-11-6-9(10-4-2-3-5-14-10)7-12-13(11)17-8-16-12;/h6-7,10,14H,2-5,8H2,1H3;1H/t10-;/m0./s1. The van der Waals surface area contributed by atoms with Gasteiger partial charge in [-0.15, -0.1) is 12.4 Å². The summed E-state index contributed by atoms with van der Waals surface area (Å²) in [5.74, 6) is 2.29. The predicted molar refractivity (Wildman–Crippen MR) is 71.0 cm³/mol. The molecule has 4 nitrogen and oxygen atoms in total. The molecule has 1 aromatic carbocycles. The van der Waals surface area contributed by atoms with Crippen molar-refractivity contribution in [3.8, 4) is 17.2 Å². The second kappa shape index (κ2) is 5.67. The lowest BCUT2D eigenvalue weighted by Crippen LogP contribution is -2.26. The maximum Gasteiger partial charge on any atom is 0.231 e. The zero-order valence-corrected chi connectivity index (χ0v) is 11.2. The summed E-state index contributed by atoms with van der Waals surface area (Å²) in [4.78, 5) is 0. The van der Waals surface area contributed by atoms with Gasteiger partial charge in [-0.2, -0.15) is 0 Å². The van der Waals surface area contributed by atoms with E-state index >= 15 is 0 Å². The van der Waals surface area contributed by atoms with Gasteiger partial charge in [0.15, 0.2) is 11.5 Å². The Morgan fingerprint density at radius 2 is 2.17 bits per heavy atom. The van der Waals surface area contributed by atoms with Gasteiger partial charge in [0.2, 0.25) is 12.5 Å². The van der Waals surface area contributed by atoms with E-state index in [2.05, 4.69) is 17.4 Å². The molecule has 0 saturated carbocycles. The normalized spacial score (nSPS) is 21.3. The molecule has 0 amide bonds. The summed E-state index contributed by atoms with van der Waals surface area (Å²) in [6, 6.07) is 4.52. The van der Waals surface area contributed by atoms with Crippen LogP contribution in [-0.2, 0) is 0 Å². The first kappa shape index (κ1) is 13.3. The molecule has 100 valence electrons. The molecule has 0 radical (unpaired) electrons. The van der Waals surface area contributed by atoms with E-state index in [0.717, 1.165) is 23.8 Å². The van der Waals surface area contributed by atoms with Crippen LogP contribution >= 0.6 is 12.4 Å². The number of ether oxygens (including phenoxy) is 3. The Labute approximate surface area is 113 Å². The molecule has 2 aliphatic rings. The minimum Gasteiger partial charge on any atom is -0.493 e. The molecule has 1 atom stereocenters. The topological polar surface area (TPSA) is 39.7 Å². The fourth-order valence-corrected chi connectivity index (χ4v) is 2.49. The van der Waals surface area contributed by atoms with Gasteiger partial charge in [0, 0.05) is 6.04 Å². The van der Waals surface area contributed by atoms with Crippen LogP contribution in [0.1, 0.15) is 30.9 Å². The Kier molecular flexibility index (Phi) is 4.19. The smallest absolute Gasteiger partial charge is 0.231 e. The molecule has 1 saturated heterocycles. The van der Waals surface area contributed by atoms with E-state index in [4.69, 9.17) is 14.2 Å². The van der Waals surface area contributed by atoms with Crippen molar-refractivity contribution < 1.29 is 14.2 Å². The zero-order chi connectivity index (χ0) is 11.7. The minimum absolute atomic E-state index is 0. The van der Waals surface area contributed by atoms with Crippen LogP contribution < -0.4 is 19.5 Å². The number of rotatable bonds is 2. The van der Waals surface area contributed by atoms with E-state index in [0.29, 0.717) is 6.04 Å². The van der Waals surface area contributed by atoms with E-state index < -0.39 is 0 Å². The van der Waals surface area contributed by atoms with Crippen LogP contribution in [0.2, 0.25) is 0 Å². The van der Waals surface area contributed by atoms with Crippen molar-refractivity contribution >= 4 is 12.4 Å². The summed E-state index contributed by atoms with van der Waals surface area (Å²) in [5.41, 5.74) is 1.23. The Morgan fingerprint density at radius 1 is 1.28 bits per heavy atom. The van der Waals surface area contributed by atoms with Crippen molar-refractivity contribution in [1.82, 2.24) is 5.32 Å². The van der Waals surface area contributed by atoms with Crippen molar-refractivity contribution in [1.29, 1.82) is 0 Å². The lowest BCUT2D eigenvalue weighted by atomic mass is 9.97. The maximum atomic E-state index is 5.44. The van der Waals surface area contributed by atoms with E-state index in [1.54, 1.807) is 7.11 Å². The fourth-order valence-electron chi connectivity index (χ4n) is 2.49. The predicted octanol–water partition coefficient (Wildman–Crippen LogP) is 2.66. The molecule has 0 bridgehead atoms. The van der Waals surface area contributed by atoms with Gasteiger partial charge in [0.25, 0.3) is 0 Å². The number of benzene rings is 1. The highest BCUT2D eigenvalue weighted by atomic mass is 35.5. The van der Waals surface area contributed by atoms with Crippen LogP contribution in [0.3, 0.4) is 0 Å². The first-order chi connectivity index (χ1) is 8.38. The summed E-state index contributed by atoms with van der Waals surface area (Å²) in [7, 11) is 1.66. The van der Waals surface area contributed by atoms with Gasteiger partial charge in [-0.1, -0.05) is 6.42 Å².